The Hall–Kier alpha value is -2.26. The number of benzene rings is 2. The second kappa shape index (κ2) is 5.72. The maximum atomic E-state index is 3.16. The van der Waals surface area contributed by atoms with Gasteiger partial charge in [-0.25, -0.2) is 0 Å². The van der Waals surface area contributed by atoms with Gasteiger partial charge in [-0.1, -0.05) is 60.4 Å². The van der Waals surface area contributed by atoms with Crippen LogP contribution in [0.15, 0.2) is 66.2 Å². The van der Waals surface area contributed by atoms with Crippen LogP contribution < -0.4 is 0 Å². The lowest BCUT2D eigenvalue weighted by Crippen LogP contribution is -1.75. The van der Waals surface area contributed by atoms with E-state index in [4.69, 9.17) is 0 Å². The monoisotopic (exact) mass is 218 g/mol. The normalized spacial score (nSPS) is 10.5. The predicted molar refractivity (Wildman–Crippen MR) is 73.4 cm³/mol. The van der Waals surface area contributed by atoms with Gasteiger partial charge >= 0.3 is 0 Å². The van der Waals surface area contributed by atoms with Crippen LogP contribution in [0.5, 0.6) is 0 Å². The van der Waals surface area contributed by atoms with Gasteiger partial charge in [-0.15, -0.1) is 0 Å². The van der Waals surface area contributed by atoms with Crippen LogP contribution in [0, 0.1) is 11.8 Å². The van der Waals surface area contributed by atoms with Gasteiger partial charge in [-0.2, -0.15) is 0 Å². The Kier molecular flexibility index (Phi) is 3.78. The highest BCUT2D eigenvalue weighted by Gasteiger charge is 1.86. The molecule has 0 N–H and O–H groups in total. The first-order valence-electron chi connectivity index (χ1n) is 5.65. The number of hydrogen-bond acceptors (Lipinski definition) is 0. The molecule has 0 aliphatic heterocycles. The summed E-state index contributed by atoms with van der Waals surface area (Å²) in [6, 6.07) is 20.3. The van der Waals surface area contributed by atoms with Gasteiger partial charge in [0.25, 0.3) is 0 Å². The smallest absolute Gasteiger partial charge is 0.0248 e. The summed E-state index contributed by atoms with van der Waals surface area (Å²) in [7, 11) is 0. The Morgan fingerprint density at radius 3 is 2.12 bits per heavy atom. The Bertz CT molecular complexity index is 551. The summed E-state index contributed by atoms with van der Waals surface area (Å²) >= 11 is 0. The van der Waals surface area contributed by atoms with E-state index in [0.29, 0.717) is 0 Å². The Morgan fingerprint density at radius 2 is 1.47 bits per heavy atom. The Morgan fingerprint density at radius 1 is 0.882 bits per heavy atom. The van der Waals surface area contributed by atoms with E-state index >= 15 is 0 Å². The molecule has 0 atom stereocenters. The second-order valence-electron chi connectivity index (χ2n) is 3.85. The first-order chi connectivity index (χ1) is 8.34. The Balaban J connectivity index is 2.15. The van der Waals surface area contributed by atoms with Gasteiger partial charge < -0.3 is 0 Å². The van der Waals surface area contributed by atoms with Crippen LogP contribution in [-0.2, 0) is 0 Å². The number of rotatable bonds is 1. The standard InChI is InChI=1S/C17H14/c1-15(14-17-10-6-3-7-11-17)12-13-16-8-4-2-5-9-16/h2-11,14H,1H3. The van der Waals surface area contributed by atoms with Gasteiger partial charge in [0.15, 0.2) is 0 Å². The van der Waals surface area contributed by atoms with E-state index in [1.807, 2.05) is 55.5 Å². The van der Waals surface area contributed by atoms with Crippen LogP contribution in [0.3, 0.4) is 0 Å². The largest absolute Gasteiger partial charge is 0.0664 e. The van der Waals surface area contributed by atoms with Crippen molar-refractivity contribution < 1.29 is 0 Å². The SMILES string of the molecule is CC(C#Cc1ccccc1)=Cc1ccccc1. The molecule has 0 aromatic heterocycles. The van der Waals surface area contributed by atoms with E-state index in [1.54, 1.807) is 0 Å². The van der Waals surface area contributed by atoms with Crippen LogP contribution in [0.4, 0.5) is 0 Å². The lowest BCUT2D eigenvalue weighted by atomic mass is 10.1. The fourth-order valence-corrected chi connectivity index (χ4v) is 1.53. The van der Waals surface area contributed by atoms with Gasteiger partial charge in [0, 0.05) is 5.56 Å². The van der Waals surface area contributed by atoms with E-state index in [-0.39, 0.29) is 0 Å². The van der Waals surface area contributed by atoms with E-state index in [2.05, 4.69) is 30.0 Å². The third kappa shape index (κ3) is 3.66. The molecule has 17 heavy (non-hydrogen) atoms. The molecule has 82 valence electrons. The first kappa shape index (κ1) is 11.2. The highest BCUT2D eigenvalue weighted by atomic mass is 13.9. The van der Waals surface area contributed by atoms with Crippen molar-refractivity contribution in [2.45, 2.75) is 6.92 Å². The second-order valence-corrected chi connectivity index (χ2v) is 3.85. The molecule has 0 amide bonds. The van der Waals surface area contributed by atoms with E-state index in [9.17, 15) is 0 Å². The van der Waals surface area contributed by atoms with E-state index in [1.165, 1.54) is 5.56 Å². The lowest BCUT2D eigenvalue weighted by Gasteiger charge is -1.92. The molecule has 0 nitrogen and oxygen atoms in total. The predicted octanol–water partition coefficient (Wildman–Crippen LogP) is 4.14. The average molecular weight is 218 g/mol. The lowest BCUT2D eigenvalue weighted by molar-refractivity contribution is 1.57. The molecule has 2 rings (SSSR count). The van der Waals surface area contributed by atoms with Crippen molar-refractivity contribution in [1.82, 2.24) is 0 Å². The molecule has 0 bridgehead atoms. The summed E-state index contributed by atoms with van der Waals surface area (Å²) in [5.74, 6) is 6.30. The van der Waals surface area contributed by atoms with Gasteiger partial charge in [0.2, 0.25) is 0 Å². The zero-order chi connectivity index (χ0) is 11.9. The molecular weight excluding hydrogens is 204 g/mol. The quantitative estimate of drug-likeness (QED) is 0.631. The van der Waals surface area contributed by atoms with Crippen molar-refractivity contribution in [3.8, 4) is 11.8 Å². The van der Waals surface area contributed by atoms with Crippen LogP contribution in [0.25, 0.3) is 6.08 Å². The first-order valence-corrected chi connectivity index (χ1v) is 5.65. The molecule has 0 radical (unpaired) electrons. The third-order valence-electron chi connectivity index (χ3n) is 2.36. The molecule has 0 heterocycles. The van der Waals surface area contributed by atoms with Crippen LogP contribution in [0.1, 0.15) is 18.1 Å². The molecule has 0 spiro atoms. The van der Waals surface area contributed by atoms with Gasteiger partial charge in [-0.3, -0.25) is 0 Å². The molecule has 2 aromatic carbocycles. The molecule has 0 aliphatic carbocycles. The molecule has 0 aliphatic rings. The van der Waals surface area contributed by atoms with Crippen LogP contribution >= 0.6 is 0 Å². The molecule has 0 saturated carbocycles. The zero-order valence-electron chi connectivity index (χ0n) is 9.85. The average Bonchev–Trinajstić information content (AvgIpc) is 2.39. The highest BCUT2D eigenvalue weighted by Crippen LogP contribution is 2.05. The molecule has 0 fully saturated rings. The summed E-state index contributed by atoms with van der Waals surface area (Å²) < 4.78 is 0. The summed E-state index contributed by atoms with van der Waals surface area (Å²) in [6.07, 6.45) is 2.09. The fourth-order valence-electron chi connectivity index (χ4n) is 1.53. The number of hydrogen-bond donors (Lipinski definition) is 0. The minimum atomic E-state index is 1.05. The molecule has 0 unspecified atom stereocenters. The minimum Gasteiger partial charge on any atom is -0.0664 e. The zero-order valence-corrected chi connectivity index (χ0v) is 9.85. The third-order valence-corrected chi connectivity index (χ3v) is 2.36. The van der Waals surface area contributed by atoms with Gasteiger partial charge in [0.05, 0.1) is 0 Å². The number of allylic oxidation sites excluding steroid dienone is 1. The van der Waals surface area contributed by atoms with Gasteiger partial charge in [-0.05, 0) is 36.3 Å². The molecule has 0 saturated heterocycles. The molecule has 0 heteroatoms. The van der Waals surface area contributed by atoms with Crippen molar-refractivity contribution in [2.75, 3.05) is 0 Å². The van der Waals surface area contributed by atoms with Gasteiger partial charge in [0.1, 0.15) is 0 Å². The fraction of sp³-hybridized carbons (Fsp3) is 0.0588. The molecular formula is C17H14. The summed E-state index contributed by atoms with van der Waals surface area (Å²) in [5.41, 5.74) is 3.31. The van der Waals surface area contributed by atoms with Crippen molar-refractivity contribution in [3.05, 3.63) is 77.4 Å². The van der Waals surface area contributed by atoms with Crippen LogP contribution in [-0.4, -0.2) is 0 Å². The maximum absolute atomic E-state index is 3.16. The highest BCUT2D eigenvalue weighted by molar-refractivity contribution is 5.58. The van der Waals surface area contributed by atoms with Crippen molar-refractivity contribution >= 4 is 6.08 Å². The van der Waals surface area contributed by atoms with E-state index < -0.39 is 0 Å². The molecule has 2 aromatic rings. The van der Waals surface area contributed by atoms with Crippen molar-refractivity contribution in [1.29, 1.82) is 0 Å². The Labute approximate surface area is 103 Å². The topological polar surface area (TPSA) is 0 Å². The summed E-state index contributed by atoms with van der Waals surface area (Å²) in [6.45, 7) is 2.03. The minimum absolute atomic E-state index is 1.05. The van der Waals surface area contributed by atoms with Crippen LogP contribution in [0.2, 0.25) is 0 Å². The summed E-state index contributed by atoms with van der Waals surface area (Å²) in [4.78, 5) is 0. The maximum Gasteiger partial charge on any atom is 0.0248 e. The van der Waals surface area contributed by atoms with Crippen molar-refractivity contribution in [2.24, 2.45) is 0 Å². The van der Waals surface area contributed by atoms with Crippen molar-refractivity contribution in [3.63, 3.8) is 0 Å². The van der Waals surface area contributed by atoms with E-state index in [0.717, 1.165) is 11.1 Å². The summed E-state index contributed by atoms with van der Waals surface area (Å²) in [5, 5.41) is 0.